The molecule has 0 aliphatic heterocycles. The quantitative estimate of drug-likeness (QED) is 0.644. The van der Waals surface area contributed by atoms with Gasteiger partial charge in [-0.05, 0) is 6.07 Å². The molecule has 2 rings (SSSR count). The fraction of sp³-hybridized carbons (Fsp3) is 0.250. The van der Waals surface area contributed by atoms with Gasteiger partial charge in [0.1, 0.15) is 0 Å². The van der Waals surface area contributed by atoms with E-state index >= 15 is 0 Å². The first kappa shape index (κ1) is 14.0. The summed E-state index contributed by atoms with van der Waals surface area (Å²) in [5, 5.41) is 0.128. The van der Waals surface area contributed by atoms with Gasteiger partial charge in [0, 0.05) is 30.8 Å². The van der Waals surface area contributed by atoms with Gasteiger partial charge < -0.3 is 4.57 Å². The second kappa shape index (κ2) is 4.62. The summed E-state index contributed by atoms with van der Waals surface area (Å²) in [6.45, 7) is 0. The van der Waals surface area contributed by atoms with Crippen LogP contribution in [0.15, 0.2) is 24.4 Å². The monoisotopic (exact) mass is 287 g/mol. The summed E-state index contributed by atoms with van der Waals surface area (Å²) in [6, 6.07) is 3.92. The molecule has 1 heterocycles. The number of nitrogens with zero attached hydrogens (tertiary/aromatic N) is 2. The number of hydrogen-bond donors (Lipinski definition) is 0. The smallest absolute Gasteiger partial charge is 0.350 e. The van der Waals surface area contributed by atoms with Crippen LogP contribution in [0.2, 0.25) is 0 Å². The summed E-state index contributed by atoms with van der Waals surface area (Å²) in [7, 11) is 2.65. The zero-order valence-electron chi connectivity index (χ0n) is 10.6. The third kappa shape index (κ3) is 2.24. The van der Waals surface area contributed by atoms with Gasteiger partial charge in [-0.15, -0.1) is 0 Å². The number of ketones is 1. The molecule has 0 radical (unpaired) electrons. The Hall–Kier alpha value is -2.38. The minimum Gasteiger partial charge on any atom is -0.350 e. The minimum absolute atomic E-state index is 0.118. The van der Waals surface area contributed by atoms with Crippen molar-refractivity contribution < 1.29 is 27.7 Å². The molecule has 0 aliphatic rings. The average Bonchev–Trinajstić information content (AvgIpc) is 2.72. The molecule has 8 heteroatoms. The van der Waals surface area contributed by atoms with Gasteiger partial charge in [0.2, 0.25) is 0 Å². The Labute approximate surface area is 111 Å². The van der Waals surface area contributed by atoms with Gasteiger partial charge in [-0.3, -0.25) is 4.79 Å². The van der Waals surface area contributed by atoms with Crippen LogP contribution >= 0.6 is 0 Å². The highest BCUT2D eigenvalue weighted by Crippen LogP contribution is 2.30. The number of alkyl halides is 3. The molecule has 2 aromatic rings. The molecule has 0 N–H and O–H groups in total. The zero-order valence-corrected chi connectivity index (χ0v) is 10.6. The van der Waals surface area contributed by atoms with E-state index in [0.29, 0.717) is 5.52 Å². The van der Waals surface area contributed by atoms with E-state index in [1.807, 2.05) is 0 Å². The number of carbonyl (C=O) groups excluding carboxylic acids is 1. The van der Waals surface area contributed by atoms with Gasteiger partial charge in [-0.1, -0.05) is 0 Å². The van der Waals surface area contributed by atoms with Crippen molar-refractivity contribution in [2.45, 2.75) is 6.18 Å². The van der Waals surface area contributed by atoms with Gasteiger partial charge in [0.15, 0.2) is 7.11 Å². The lowest BCUT2D eigenvalue weighted by Gasteiger charge is -2.02. The molecule has 0 bridgehead atoms. The Bertz CT molecular complexity index is 704. The number of fused-ring (bicyclic) bond motifs is 1. The second-order valence-electron chi connectivity index (χ2n) is 4.12. The lowest BCUT2D eigenvalue weighted by Crippen LogP contribution is -2.22. The molecule has 0 saturated heterocycles. The van der Waals surface area contributed by atoms with Crippen molar-refractivity contribution in [2.75, 3.05) is 7.11 Å². The van der Waals surface area contributed by atoms with E-state index in [1.54, 1.807) is 0 Å². The number of halogens is 3. The normalized spacial score (nSPS) is 11.7. The maximum absolute atomic E-state index is 12.5. The van der Waals surface area contributed by atoms with E-state index in [1.165, 1.54) is 36.9 Å². The van der Waals surface area contributed by atoms with Crippen molar-refractivity contribution in [1.29, 1.82) is 0 Å². The third-order valence-corrected chi connectivity index (χ3v) is 2.85. The lowest BCUT2D eigenvalue weighted by molar-refractivity contribution is -0.736. The molecular weight excluding hydrogens is 277 g/mol. The third-order valence-electron chi connectivity index (χ3n) is 2.85. The Morgan fingerprint density at radius 2 is 2.00 bits per heavy atom. The summed E-state index contributed by atoms with van der Waals surface area (Å²) in [5.74, 6) is -1.92. The highest BCUT2D eigenvalue weighted by atomic mass is 19.4. The van der Waals surface area contributed by atoms with Crippen molar-refractivity contribution in [1.82, 2.24) is 4.57 Å². The number of hydrogen-bond acceptors (Lipinski definition) is 3. The van der Waals surface area contributed by atoms with Crippen LogP contribution in [0.3, 0.4) is 0 Å². The van der Waals surface area contributed by atoms with Crippen LogP contribution in [0.5, 0.6) is 0 Å². The molecular formula is C12H10F3N2O3+. The number of aromatic nitrogens is 1. The molecule has 0 unspecified atom stereocenters. The highest BCUT2D eigenvalue weighted by Gasteiger charge is 2.40. The summed E-state index contributed by atoms with van der Waals surface area (Å²) in [6.07, 6.45) is -3.85. The molecule has 0 saturated carbocycles. The highest BCUT2D eigenvalue weighted by molar-refractivity contribution is 6.10. The molecule has 5 nitrogen and oxygen atoms in total. The van der Waals surface area contributed by atoms with Gasteiger partial charge >= 0.3 is 11.9 Å². The first-order chi connectivity index (χ1) is 9.25. The predicted molar refractivity (Wildman–Crippen MR) is 63.6 cm³/mol. The van der Waals surface area contributed by atoms with Crippen LogP contribution in [0.1, 0.15) is 10.4 Å². The maximum atomic E-state index is 12.5. The van der Waals surface area contributed by atoms with E-state index in [4.69, 9.17) is 0 Å². The Kier molecular flexibility index (Phi) is 3.24. The van der Waals surface area contributed by atoms with Gasteiger partial charge in [0.05, 0.1) is 16.0 Å². The number of Topliss-reactive ketones (excluding diaryl/α,β-unsaturated/α-hetero) is 1. The van der Waals surface area contributed by atoms with Gasteiger partial charge in [0.25, 0.3) is 10.7 Å². The number of aryl methyl sites for hydroxylation is 1. The van der Waals surface area contributed by atoms with E-state index in [2.05, 4.69) is 4.84 Å². The number of benzene rings is 1. The van der Waals surface area contributed by atoms with E-state index in [9.17, 15) is 22.9 Å². The molecule has 0 atom stereocenters. The molecule has 20 heavy (non-hydrogen) atoms. The Morgan fingerprint density at radius 3 is 2.55 bits per heavy atom. The van der Waals surface area contributed by atoms with Crippen LogP contribution in [0, 0.1) is 4.91 Å². The second-order valence-corrected chi connectivity index (χ2v) is 4.12. The van der Waals surface area contributed by atoms with Gasteiger partial charge in [-0.25, -0.2) is 4.84 Å². The van der Waals surface area contributed by atoms with Crippen LogP contribution in [0.4, 0.5) is 18.9 Å². The van der Waals surface area contributed by atoms with Crippen LogP contribution < -0.4 is 0 Å². The minimum atomic E-state index is -4.94. The van der Waals surface area contributed by atoms with E-state index in [0.717, 1.165) is 6.20 Å². The van der Waals surface area contributed by atoms with Crippen molar-refractivity contribution in [3.8, 4) is 0 Å². The number of rotatable bonds is 3. The molecule has 106 valence electrons. The summed E-state index contributed by atoms with van der Waals surface area (Å²) in [4.78, 5) is 27.3. The summed E-state index contributed by atoms with van der Waals surface area (Å²) in [5.41, 5.74) is -0.00313. The van der Waals surface area contributed by atoms with Gasteiger partial charge in [-0.2, -0.15) is 13.2 Å². The maximum Gasteiger partial charge on any atom is 0.454 e. The lowest BCUT2D eigenvalue weighted by atomic mass is 10.1. The van der Waals surface area contributed by atoms with Crippen LogP contribution in [-0.4, -0.2) is 28.6 Å². The molecule has 0 aliphatic carbocycles. The first-order valence-electron chi connectivity index (χ1n) is 5.47. The SMILES string of the molecule is CO[N+](=O)c1ccc2c(C(=O)C(F)(F)F)cn(C)c2c1. The van der Waals surface area contributed by atoms with E-state index < -0.39 is 17.5 Å². The Morgan fingerprint density at radius 1 is 1.35 bits per heavy atom. The van der Waals surface area contributed by atoms with Crippen molar-refractivity contribution in [3.05, 3.63) is 34.9 Å². The van der Waals surface area contributed by atoms with Crippen molar-refractivity contribution >= 4 is 22.4 Å². The molecule has 1 aromatic carbocycles. The largest absolute Gasteiger partial charge is 0.454 e. The predicted octanol–water partition coefficient (Wildman–Crippen LogP) is 2.90. The molecule has 1 aromatic heterocycles. The van der Waals surface area contributed by atoms with Crippen LogP contribution in [0.25, 0.3) is 10.9 Å². The topological polar surface area (TPSA) is 51.3 Å². The Balaban J connectivity index is 2.62. The summed E-state index contributed by atoms with van der Waals surface area (Å²) >= 11 is 0. The first-order valence-corrected chi connectivity index (χ1v) is 5.47. The number of carbonyl (C=O) groups is 1. The molecule has 0 spiro atoms. The van der Waals surface area contributed by atoms with E-state index in [-0.39, 0.29) is 16.0 Å². The standard InChI is InChI=1S/C12H10F3N2O3/c1-16-6-9(11(18)12(13,14)15)8-4-3-7(5-10(8)16)17(19)20-2/h3-6H,1-2H3/q+1. The van der Waals surface area contributed by atoms with Crippen LogP contribution in [-0.2, 0) is 11.9 Å². The van der Waals surface area contributed by atoms with Crippen molar-refractivity contribution in [2.24, 2.45) is 7.05 Å². The fourth-order valence-corrected chi connectivity index (χ4v) is 1.92. The summed E-state index contributed by atoms with van der Waals surface area (Å²) < 4.78 is 38.8. The molecule has 0 amide bonds. The van der Waals surface area contributed by atoms with Crippen molar-refractivity contribution in [3.63, 3.8) is 0 Å². The fourth-order valence-electron chi connectivity index (χ4n) is 1.92. The molecule has 0 fully saturated rings. The zero-order chi connectivity index (χ0) is 15.1. The average molecular weight is 287 g/mol.